The molecule has 0 spiro atoms. The van der Waals surface area contributed by atoms with Crippen molar-refractivity contribution < 1.29 is 14.3 Å². The standard InChI is InChI=1S/C17H34N4O3/c1-16(2,3)19-14(22)13-12-21(15(23)24-17(4,5)6)11-10-20(13)9-7-8-18/h13H,7-12,18H2,1-6H3,(H,19,22)/t13-/m0/s1. The maximum Gasteiger partial charge on any atom is 0.410 e. The van der Waals surface area contributed by atoms with Crippen molar-refractivity contribution in [3.05, 3.63) is 0 Å². The number of ether oxygens (including phenoxy) is 1. The first-order valence-corrected chi connectivity index (χ1v) is 8.67. The molecule has 1 rings (SSSR count). The summed E-state index contributed by atoms with van der Waals surface area (Å²) < 4.78 is 5.44. The van der Waals surface area contributed by atoms with Gasteiger partial charge in [-0.05, 0) is 54.5 Å². The number of rotatable bonds is 4. The molecule has 1 aliphatic heterocycles. The summed E-state index contributed by atoms with van der Waals surface area (Å²) in [6, 6.07) is -0.378. The SMILES string of the molecule is CC(C)(C)NC(=O)[C@@H]1CN(C(=O)OC(C)(C)C)CCN1CCCN. The zero-order chi connectivity index (χ0) is 18.5. The van der Waals surface area contributed by atoms with Gasteiger partial charge in [-0.1, -0.05) is 0 Å². The van der Waals surface area contributed by atoms with Gasteiger partial charge in [-0.3, -0.25) is 9.69 Å². The summed E-state index contributed by atoms with van der Waals surface area (Å²) >= 11 is 0. The van der Waals surface area contributed by atoms with E-state index in [2.05, 4.69) is 10.2 Å². The van der Waals surface area contributed by atoms with Crippen LogP contribution in [0.5, 0.6) is 0 Å². The first-order chi connectivity index (χ1) is 10.9. The van der Waals surface area contributed by atoms with E-state index in [9.17, 15) is 9.59 Å². The van der Waals surface area contributed by atoms with Crippen LogP contribution in [-0.4, -0.2) is 71.7 Å². The molecule has 1 saturated heterocycles. The van der Waals surface area contributed by atoms with E-state index in [1.165, 1.54) is 0 Å². The van der Waals surface area contributed by atoms with Gasteiger partial charge in [0.15, 0.2) is 0 Å². The average Bonchev–Trinajstić information content (AvgIpc) is 2.41. The van der Waals surface area contributed by atoms with Gasteiger partial charge in [-0.15, -0.1) is 0 Å². The number of nitrogens with two attached hydrogens (primary N) is 1. The largest absolute Gasteiger partial charge is 0.444 e. The van der Waals surface area contributed by atoms with E-state index >= 15 is 0 Å². The third kappa shape index (κ3) is 7.05. The van der Waals surface area contributed by atoms with Crippen LogP contribution in [0.3, 0.4) is 0 Å². The highest BCUT2D eigenvalue weighted by Gasteiger charge is 2.36. The summed E-state index contributed by atoms with van der Waals surface area (Å²) in [5, 5.41) is 3.01. The van der Waals surface area contributed by atoms with Crippen LogP contribution < -0.4 is 11.1 Å². The van der Waals surface area contributed by atoms with Gasteiger partial charge in [-0.2, -0.15) is 0 Å². The maximum atomic E-state index is 12.7. The monoisotopic (exact) mass is 342 g/mol. The van der Waals surface area contributed by atoms with E-state index in [0.717, 1.165) is 13.0 Å². The number of hydrogen-bond acceptors (Lipinski definition) is 5. The van der Waals surface area contributed by atoms with Crippen molar-refractivity contribution >= 4 is 12.0 Å². The number of piperazine rings is 1. The predicted molar refractivity (Wildman–Crippen MR) is 94.7 cm³/mol. The second-order valence-corrected chi connectivity index (χ2v) is 8.36. The molecule has 7 nitrogen and oxygen atoms in total. The molecule has 24 heavy (non-hydrogen) atoms. The summed E-state index contributed by atoms with van der Waals surface area (Å²) in [5.41, 5.74) is 4.74. The number of nitrogens with one attached hydrogen (secondary N) is 1. The van der Waals surface area contributed by atoms with E-state index in [1.54, 1.807) is 4.90 Å². The molecule has 0 bridgehead atoms. The lowest BCUT2D eigenvalue weighted by Gasteiger charge is -2.41. The van der Waals surface area contributed by atoms with Gasteiger partial charge in [0, 0.05) is 31.7 Å². The summed E-state index contributed by atoms with van der Waals surface area (Å²) in [7, 11) is 0. The molecule has 140 valence electrons. The normalized spacial score (nSPS) is 20.0. The highest BCUT2D eigenvalue weighted by atomic mass is 16.6. The summed E-state index contributed by atoms with van der Waals surface area (Å²) in [6.45, 7) is 14.2. The van der Waals surface area contributed by atoms with Crippen LogP contribution in [0.25, 0.3) is 0 Å². The average molecular weight is 342 g/mol. The molecular weight excluding hydrogens is 308 g/mol. The van der Waals surface area contributed by atoms with Crippen LogP contribution in [0.1, 0.15) is 48.0 Å². The molecule has 0 aromatic carbocycles. The highest BCUT2D eigenvalue weighted by Crippen LogP contribution is 2.16. The molecule has 3 N–H and O–H groups in total. The van der Waals surface area contributed by atoms with Crippen molar-refractivity contribution in [2.45, 2.75) is 65.1 Å². The second-order valence-electron chi connectivity index (χ2n) is 8.36. The van der Waals surface area contributed by atoms with E-state index in [-0.39, 0.29) is 23.6 Å². The van der Waals surface area contributed by atoms with Gasteiger partial charge in [0.1, 0.15) is 11.6 Å². The lowest BCUT2D eigenvalue weighted by atomic mass is 10.1. The van der Waals surface area contributed by atoms with Gasteiger partial charge in [-0.25, -0.2) is 4.79 Å². The third-order valence-corrected chi connectivity index (χ3v) is 3.59. The number of carbonyl (C=O) groups is 2. The summed E-state index contributed by atoms with van der Waals surface area (Å²) in [4.78, 5) is 28.7. The van der Waals surface area contributed by atoms with Crippen LogP contribution in [0, 0.1) is 0 Å². The molecule has 1 heterocycles. The van der Waals surface area contributed by atoms with Crippen LogP contribution in [-0.2, 0) is 9.53 Å². The topological polar surface area (TPSA) is 87.9 Å². The Balaban J connectivity index is 2.81. The van der Waals surface area contributed by atoms with Gasteiger partial charge >= 0.3 is 6.09 Å². The first kappa shape index (κ1) is 20.7. The third-order valence-electron chi connectivity index (χ3n) is 3.59. The Kier molecular flexibility index (Phi) is 7.04. The Labute approximate surface area is 145 Å². The van der Waals surface area contributed by atoms with Crippen molar-refractivity contribution in [1.82, 2.24) is 15.1 Å². The second kappa shape index (κ2) is 8.16. The Morgan fingerprint density at radius 2 is 1.79 bits per heavy atom. The molecule has 1 fully saturated rings. The molecule has 0 aromatic rings. The zero-order valence-corrected chi connectivity index (χ0v) is 16.0. The smallest absolute Gasteiger partial charge is 0.410 e. The quantitative estimate of drug-likeness (QED) is 0.801. The van der Waals surface area contributed by atoms with Crippen LogP contribution in [0.4, 0.5) is 4.79 Å². The summed E-state index contributed by atoms with van der Waals surface area (Å²) in [5.74, 6) is -0.0622. The van der Waals surface area contributed by atoms with Crippen molar-refractivity contribution in [3.63, 3.8) is 0 Å². The first-order valence-electron chi connectivity index (χ1n) is 8.67. The molecule has 1 atom stereocenters. The van der Waals surface area contributed by atoms with Crippen LogP contribution in [0.2, 0.25) is 0 Å². The van der Waals surface area contributed by atoms with Crippen molar-refractivity contribution in [2.75, 3.05) is 32.7 Å². The Hall–Kier alpha value is -1.34. The fourth-order valence-corrected chi connectivity index (χ4v) is 2.58. The molecule has 7 heteroatoms. The number of nitrogens with zero attached hydrogens (tertiary/aromatic N) is 2. The van der Waals surface area contributed by atoms with Gasteiger partial charge in [0.2, 0.25) is 5.91 Å². The van der Waals surface area contributed by atoms with Gasteiger partial charge in [0.25, 0.3) is 0 Å². The number of hydrogen-bond donors (Lipinski definition) is 2. The highest BCUT2D eigenvalue weighted by molar-refractivity contribution is 5.83. The number of amides is 2. The Bertz CT molecular complexity index is 440. The Morgan fingerprint density at radius 1 is 1.17 bits per heavy atom. The van der Waals surface area contributed by atoms with Crippen molar-refractivity contribution in [2.24, 2.45) is 5.73 Å². The fourth-order valence-electron chi connectivity index (χ4n) is 2.58. The maximum absolute atomic E-state index is 12.7. The zero-order valence-electron chi connectivity index (χ0n) is 16.0. The summed E-state index contributed by atoms with van der Waals surface area (Å²) in [6.07, 6.45) is 0.459. The fraction of sp³-hybridized carbons (Fsp3) is 0.882. The molecule has 0 unspecified atom stereocenters. The molecule has 2 amide bonds. The Morgan fingerprint density at radius 3 is 2.29 bits per heavy atom. The minimum atomic E-state index is -0.545. The van der Waals surface area contributed by atoms with E-state index in [0.29, 0.717) is 26.2 Å². The lowest BCUT2D eigenvalue weighted by Crippen LogP contribution is -2.62. The van der Waals surface area contributed by atoms with Crippen molar-refractivity contribution in [3.8, 4) is 0 Å². The molecule has 1 aliphatic rings. The predicted octanol–water partition coefficient (Wildman–Crippen LogP) is 1.17. The minimum absolute atomic E-state index is 0.0622. The van der Waals surface area contributed by atoms with Crippen LogP contribution in [0.15, 0.2) is 0 Å². The molecule has 0 aromatic heterocycles. The number of carbonyl (C=O) groups excluding carboxylic acids is 2. The van der Waals surface area contributed by atoms with E-state index in [1.807, 2.05) is 41.5 Å². The van der Waals surface area contributed by atoms with E-state index in [4.69, 9.17) is 10.5 Å². The van der Waals surface area contributed by atoms with Crippen LogP contribution >= 0.6 is 0 Å². The van der Waals surface area contributed by atoms with E-state index < -0.39 is 5.60 Å². The minimum Gasteiger partial charge on any atom is -0.444 e. The molecular formula is C17H34N4O3. The van der Waals surface area contributed by atoms with Gasteiger partial charge < -0.3 is 20.7 Å². The van der Waals surface area contributed by atoms with Crippen molar-refractivity contribution in [1.29, 1.82) is 0 Å². The molecule has 0 radical (unpaired) electrons. The van der Waals surface area contributed by atoms with Gasteiger partial charge in [0.05, 0.1) is 0 Å². The molecule has 0 aliphatic carbocycles. The lowest BCUT2D eigenvalue weighted by molar-refractivity contribution is -0.130. The molecule has 0 saturated carbocycles.